The van der Waals surface area contributed by atoms with Crippen molar-refractivity contribution in [3.63, 3.8) is 0 Å². The molecule has 0 saturated heterocycles. The van der Waals surface area contributed by atoms with E-state index < -0.39 is 5.82 Å². The summed E-state index contributed by atoms with van der Waals surface area (Å²) in [4.78, 5) is 19.8. The lowest BCUT2D eigenvalue weighted by atomic mass is 10.1. The molecule has 1 heterocycles. The van der Waals surface area contributed by atoms with Gasteiger partial charge in [-0.1, -0.05) is 29.3 Å². The molecule has 0 bridgehead atoms. The minimum absolute atomic E-state index is 0.0559. The SMILES string of the molecule is O=C(Nc1cc(Cl)ncn1)[C@H]1C[C@@H]1c1ccc(F)c(Cl)c1. The Morgan fingerprint density at radius 1 is 1.29 bits per heavy atom. The summed E-state index contributed by atoms with van der Waals surface area (Å²) in [7, 11) is 0. The van der Waals surface area contributed by atoms with Crippen molar-refractivity contribution in [2.24, 2.45) is 5.92 Å². The van der Waals surface area contributed by atoms with Gasteiger partial charge in [0.05, 0.1) is 5.02 Å². The topological polar surface area (TPSA) is 54.9 Å². The van der Waals surface area contributed by atoms with Crippen LogP contribution in [-0.4, -0.2) is 15.9 Å². The molecule has 2 atom stereocenters. The molecule has 1 aromatic carbocycles. The molecule has 108 valence electrons. The summed E-state index contributed by atoms with van der Waals surface area (Å²) in [6, 6.07) is 6.01. The molecule has 2 aromatic rings. The molecule has 0 aliphatic heterocycles. The molecule has 4 nitrogen and oxygen atoms in total. The van der Waals surface area contributed by atoms with E-state index in [9.17, 15) is 9.18 Å². The average molecular weight is 326 g/mol. The Bertz CT molecular complexity index is 710. The summed E-state index contributed by atoms with van der Waals surface area (Å²) < 4.78 is 13.1. The smallest absolute Gasteiger partial charge is 0.229 e. The fraction of sp³-hybridized carbons (Fsp3) is 0.214. The van der Waals surface area contributed by atoms with Gasteiger partial charge in [0.15, 0.2) is 0 Å². The second-order valence-electron chi connectivity index (χ2n) is 4.84. The summed E-state index contributed by atoms with van der Waals surface area (Å²) in [5.41, 5.74) is 0.863. The summed E-state index contributed by atoms with van der Waals surface area (Å²) >= 11 is 11.5. The number of carbonyl (C=O) groups excluding carboxylic acids is 1. The van der Waals surface area contributed by atoms with E-state index in [0.717, 1.165) is 5.56 Å². The third-order valence-electron chi connectivity index (χ3n) is 3.38. The summed E-state index contributed by atoms with van der Waals surface area (Å²) in [6.45, 7) is 0. The summed E-state index contributed by atoms with van der Waals surface area (Å²) in [6.07, 6.45) is 1.98. The lowest BCUT2D eigenvalue weighted by Gasteiger charge is -2.04. The van der Waals surface area contributed by atoms with E-state index in [-0.39, 0.29) is 27.9 Å². The maximum absolute atomic E-state index is 13.1. The molecule has 3 rings (SSSR count). The van der Waals surface area contributed by atoms with E-state index in [4.69, 9.17) is 23.2 Å². The van der Waals surface area contributed by atoms with Gasteiger partial charge in [-0.3, -0.25) is 4.79 Å². The third-order valence-corrected chi connectivity index (χ3v) is 3.88. The third kappa shape index (κ3) is 3.14. The molecule has 0 spiro atoms. The fourth-order valence-corrected chi connectivity index (χ4v) is 2.55. The van der Waals surface area contributed by atoms with Crippen LogP contribution in [0.2, 0.25) is 10.2 Å². The molecular weight excluding hydrogens is 316 g/mol. The first-order valence-corrected chi connectivity index (χ1v) is 7.03. The first-order valence-electron chi connectivity index (χ1n) is 6.28. The van der Waals surface area contributed by atoms with Crippen LogP contribution in [0.4, 0.5) is 10.2 Å². The van der Waals surface area contributed by atoms with Crippen LogP contribution in [0.5, 0.6) is 0 Å². The Balaban J connectivity index is 1.67. The zero-order chi connectivity index (χ0) is 15.0. The van der Waals surface area contributed by atoms with Crippen molar-refractivity contribution in [1.29, 1.82) is 0 Å². The van der Waals surface area contributed by atoms with Gasteiger partial charge in [-0.15, -0.1) is 0 Å². The first kappa shape index (κ1) is 14.2. The lowest BCUT2D eigenvalue weighted by molar-refractivity contribution is -0.117. The zero-order valence-corrected chi connectivity index (χ0v) is 12.2. The monoisotopic (exact) mass is 325 g/mol. The quantitative estimate of drug-likeness (QED) is 0.876. The van der Waals surface area contributed by atoms with Crippen molar-refractivity contribution < 1.29 is 9.18 Å². The summed E-state index contributed by atoms with van der Waals surface area (Å²) in [5.74, 6) is -0.351. The molecule has 7 heteroatoms. The molecule has 0 unspecified atom stereocenters. The number of halogens is 3. The Labute approximate surface area is 130 Å². The predicted octanol–water partition coefficient (Wildman–Crippen LogP) is 3.66. The Morgan fingerprint density at radius 3 is 2.81 bits per heavy atom. The molecule has 21 heavy (non-hydrogen) atoms. The predicted molar refractivity (Wildman–Crippen MR) is 77.9 cm³/mol. The second-order valence-corrected chi connectivity index (χ2v) is 5.63. The van der Waals surface area contributed by atoms with E-state index in [0.29, 0.717) is 12.2 Å². The number of carbonyl (C=O) groups is 1. The molecule has 1 fully saturated rings. The Kier molecular flexibility index (Phi) is 3.78. The number of nitrogens with zero attached hydrogens (tertiary/aromatic N) is 2. The normalized spacial score (nSPS) is 20.1. The van der Waals surface area contributed by atoms with Crippen LogP contribution in [0.1, 0.15) is 17.9 Å². The van der Waals surface area contributed by atoms with Crippen LogP contribution in [0, 0.1) is 11.7 Å². The molecule has 1 saturated carbocycles. The molecule has 1 amide bonds. The van der Waals surface area contributed by atoms with Crippen molar-refractivity contribution in [1.82, 2.24) is 9.97 Å². The minimum Gasteiger partial charge on any atom is -0.310 e. The maximum Gasteiger partial charge on any atom is 0.229 e. The lowest BCUT2D eigenvalue weighted by Crippen LogP contribution is -2.15. The fourth-order valence-electron chi connectivity index (χ4n) is 2.22. The Hall–Kier alpha value is -1.72. The number of benzene rings is 1. The van der Waals surface area contributed by atoms with Gasteiger partial charge in [-0.2, -0.15) is 0 Å². The van der Waals surface area contributed by atoms with Gasteiger partial charge < -0.3 is 5.32 Å². The highest BCUT2D eigenvalue weighted by Crippen LogP contribution is 2.48. The van der Waals surface area contributed by atoms with E-state index in [1.54, 1.807) is 12.1 Å². The van der Waals surface area contributed by atoms with E-state index in [2.05, 4.69) is 15.3 Å². The van der Waals surface area contributed by atoms with Gasteiger partial charge in [-0.05, 0) is 30.0 Å². The number of anilines is 1. The zero-order valence-electron chi connectivity index (χ0n) is 10.7. The number of rotatable bonds is 3. The van der Waals surface area contributed by atoms with Crippen LogP contribution in [0.15, 0.2) is 30.6 Å². The minimum atomic E-state index is -0.460. The average Bonchev–Trinajstić information content (AvgIpc) is 3.22. The van der Waals surface area contributed by atoms with Crippen LogP contribution >= 0.6 is 23.2 Å². The molecule has 1 aliphatic rings. The van der Waals surface area contributed by atoms with Crippen molar-refractivity contribution in [3.05, 3.63) is 52.1 Å². The molecule has 1 aliphatic carbocycles. The van der Waals surface area contributed by atoms with Gasteiger partial charge in [0, 0.05) is 12.0 Å². The summed E-state index contributed by atoms with van der Waals surface area (Å²) in [5, 5.41) is 3.02. The number of aromatic nitrogens is 2. The number of nitrogens with one attached hydrogen (secondary N) is 1. The van der Waals surface area contributed by atoms with Crippen LogP contribution in [0.25, 0.3) is 0 Å². The second kappa shape index (κ2) is 5.58. The van der Waals surface area contributed by atoms with Crippen molar-refractivity contribution in [2.45, 2.75) is 12.3 Å². The van der Waals surface area contributed by atoms with Gasteiger partial charge in [-0.25, -0.2) is 14.4 Å². The number of hydrogen-bond donors (Lipinski definition) is 1. The van der Waals surface area contributed by atoms with Gasteiger partial charge >= 0.3 is 0 Å². The molecule has 0 radical (unpaired) electrons. The highest BCUT2D eigenvalue weighted by molar-refractivity contribution is 6.30. The van der Waals surface area contributed by atoms with Crippen molar-refractivity contribution >= 4 is 34.9 Å². The van der Waals surface area contributed by atoms with Gasteiger partial charge in [0.1, 0.15) is 23.1 Å². The van der Waals surface area contributed by atoms with Crippen LogP contribution < -0.4 is 5.32 Å². The maximum atomic E-state index is 13.1. The van der Waals surface area contributed by atoms with Crippen molar-refractivity contribution in [2.75, 3.05) is 5.32 Å². The van der Waals surface area contributed by atoms with Crippen LogP contribution in [-0.2, 0) is 4.79 Å². The number of amides is 1. The highest BCUT2D eigenvalue weighted by atomic mass is 35.5. The van der Waals surface area contributed by atoms with Gasteiger partial charge in [0.2, 0.25) is 5.91 Å². The molecule has 1 aromatic heterocycles. The first-order chi connectivity index (χ1) is 10.0. The molecular formula is C14H10Cl2FN3O. The molecule has 1 N–H and O–H groups in total. The standard InChI is InChI=1S/C14H10Cl2FN3O/c15-10-3-7(1-2-11(10)17)8-4-9(8)14(21)20-13-5-12(16)18-6-19-13/h1-3,5-6,8-9H,4H2,(H,18,19,20,21)/t8-,9+/m1/s1. The number of hydrogen-bond acceptors (Lipinski definition) is 3. The largest absolute Gasteiger partial charge is 0.310 e. The Morgan fingerprint density at radius 2 is 2.10 bits per heavy atom. The van der Waals surface area contributed by atoms with Gasteiger partial charge in [0.25, 0.3) is 0 Å². The van der Waals surface area contributed by atoms with Crippen LogP contribution in [0.3, 0.4) is 0 Å². The van der Waals surface area contributed by atoms with E-state index in [1.807, 2.05) is 0 Å². The van der Waals surface area contributed by atoms with Crippen molar-refractivity contribution in [3.8, 4) is 0 Å². The van der Waals surface area contributed by atoms with E-state index in [1.165, 1.54) is 18.5 Å². The van der Waals surface area contributed by atoms with E-state index >= 15 is 0 Å². The highest BCUT2D eigenvalue weighted by Gasteiger charge is 2.44.